The minimum Gasteiger partial charge on any atom is -0.497 e. The van der Waals surface area contributed by atoms with Gasteiger partial charge < -0.3 is 23.7 Å². The molecule has 3 rings (SSSR count). The van der Waals surface area contributed by atoms with Crippen molar-refractivity contribution in [2.24, 2.45) is 0 Å². The summed E-state index contributed by atoms with van der Waals surface area (Å²) in [5.41, 5.74) is 1.87. The number of hydrogen-bond donors (Lipinski definition) is 0. The van der Waals surface area contributed by atoms with Gasteiger partial charge in [0.25, 0.3) is 0 Å². The lowest BCUT2D eigenvalue weighted by molar-refractivity contribution is 0.0464. The monoisotopic (exact) mass is 415 g/mol. The van der Waals surface area contributed by atoms with E-state index in [0.29, 0.717) is 17.2 Å². The molecule has 0 bridgehead atoms. The molecule has 152 valence electrons. The Hall–Kier alpha value is -3.26. The Morgan fingerprint density at radius 1 is 0.897 bits per heavy atom. The van der Waals surface area contributed by atoms with Crippen LogP contribution in [-0.4, -0.2) is 39.4 Å². The van der Waals surface area contributed by atoms with Crippen LogP contribution in [0.5, 0.6) is 23.0 Å². The van der Waals surface area contributed by atoms with E-state index in [0.717, 1.165) is 16.3 Å². The van der Waals surface area contributed by atoms with Gasteiger partial charge >= 0.3 is 5.97 Å². The van der Waals surface area contributed by atoms with Crippen molar-refractivity contribution in [1.82, 2.24) is 4.98 Å². The van der Waals surface area contributed by atoms with E-state index in [9.17, 15) is 4.79 Å². The van der Waals surface area contributed by atoms with Gasteiger partial charge in [-0.25, -0.2) is 9.78 Å². The Labute approximate surface area is 172 Å². The van der Waals surface area contributed by atoms with E-state index in [-0.39, 0.29) is 17.9 Å². The molecular weight excluding hydrogens is 394 g/mol. The Bertz CT molecular complexity index is 983. The van der Waals surface area contributed by atoms with Crippen LogP contribution in [0.15, 0.2) is 41.8 Å². The maximum atomic E-state index is 12.6. The quantitative estimate of drug-likeness (QED) is 0.510. The van der Waals surface area contributed by atoms with Gasteiger partial charge in [0.2, 0.25) is 5.75 Å². The van der Waals surface area contributed by atoms with Crippen LogP contribution in [0.25, 0.3) is 10.6 Å². The maximum absolute atomic E-state index is 12.6. The number of carbonyl (C=O) groups is 1. The van der Waals surface area contributed by atoms with E-state index < -0.39 is 5.97 Å². The van der Waals surface area contributed by atoms with Crippen LogP contribution in [0.4, 0.5) is 0 Å². The largest absolute Gasteiger partial charge is 0.497 e. The third-order valence-corrected chi connectivity index (χ3v) is 5.10. The minimum absolute atomic E-state index is 0.0446. The van der Waals surface area contributed by atoms with E-state index in [1.54, 1.807) is 19.2 Å². The topological polar surface area (TPSA) is 76.1 Å². The second kappa shape index (κ2) is 9.29. The molecule has 0 saturated carbocycles. The third kappa shape index (κ3) is 4.43. The number of hydrogen-bond acceptors (Lipinski definition) is 8. The summed E-state index contributed by atoms with van der Waals surface area (Å²) in [5, 5.41) is 2.70. The molecule has 0 aliphatic heterocycles. The van der Waals surface area contributed by atoms with Crippen LogP contribution in [0.2, 0.25) is 0 Å². The number of nitrogens with zero attached hydrogens (tertiary/aromatic N) is 1. The van der Waals surface area contributed by atoms with Gasteiger partial charge in [-0.05, 0) is 36.4 Å². The zero-order valence-corrected chi connectivity index (χ0v) is 17.4. The summed E-state index contributed by atoms with van der Waals surface area (Å²) in [5.74, 6) is 1.30. The highest BCUT2D eigenvalue weighted by atomic mass is 32.1. The Morgan fingerprint density at radius 3 is 2.24 bits per heavy atom. The predicted octanol–water partition coefficient (Wildman–Crippen LogP) is 4.20. The van der Waals surface area contributed by atoms with Crippen molar-refractivity contribution < 1.29 is 28.5 Å². The van der Waals surface area contributed by atoms with Crippen molar-refractivity contribution in [2.45, 2.75) is 6.61 Å². The normalized spacial score (nSPS) is 10.3. The lowest BCUT2D eigenvalue weighted by atomic mass is 10.1. The molecule has 0 fully saturated rings. The van der Waals surface area contributed by atoms with Gasteiger partial charge in [-0.3, -0.25) is 0 Å². The van der Waals surface area contributed by atoms with E-state index in [4.69, 9.17) is 23.7 Å². The molecule has 0 atom stereocenters. The Balaban J connectivity index is 1.72. The van der Waals surface area contributed by atoms with E-state index in [2.05, 4.69) is 4.98 Å². The first kappa shape index (κ1) is 20.5. The summed E-state index contributed by atoms with van der Waals surface area (Å²) in [6.07, 6.45) is 0. The SMILES string of the molecule is COc1ccc(-c2nc(COC(=O)c3ccc(OC)c(OC)c3OC)cs2)cc1. The van der Waals surface area contributed by atoms with Gasteiger partial charge in [-0.1, -0.05) is 0 Å². The Kier molecular flexibility index (Phi) is 6.56. The molecule has 0 aliphatic rings. The molecule has 29 heavy (non-hydrogen) atoms. The van der Waals surface area contributed by atoms with Gasteiger partial charge in [-0.15, -0.1) is 11.3 Å². The van der Waals surface area contributed by atoms with Crippen molar-refractivity contribution >= 4 is 17.3 Å². The highest BCUT2D eigenvalue weighted by Crippen LogP contribution is 2.40. The number of carbonyl (C=O) groups excluding carboxylic acids is 1. The van der Waals surface area contributed by atoms with E-state index in [1.807, 2.05) is 29.6 Å². The van der Waals surface area contributed by atoms with Crippen LogP contribution in [0, 0.1) is 0 Å². The molecule has 0 saturated heterocycles. The first-order valence-corrected chi connectivity index (χ1v) is 9.54. The fraction of sp³-hybridized carbons (Fsp3) is 0.238. The lowest BCUT2D eigenvalue weighted by Gasteiger charge is -2.14. The molecule has 3 aromatic rings. The third-order valence-electron chi connectivity index (χ3n) is 4.16. The molecule has 7 nitrogen and oxygen atoms in total. The number of aromatic nitrogens is 1. The van der Waals surface area contributed by atoms with Gasteiger partial charge in [-0.2, -0.15) is 0 Å². The van der Waals surface area contributed by atoms with Crippen molar-refractivity contribution in [1.29, 1.82) is 0 Å². The summed E-state index contributed by atoms with van der Waals surface area (Å²) in [4.78, 5) is 17.1. The number of esters is 1. The summed E-state index contributed by atoms with van der Waals surface area (Å²) >= 11 is 1.48. The fourth-order valence-electron chi connectivity index (χ4n) is 2.72. The van der Waals surface area contributed by atoms with Crippen molar-refractivity contribution in [3.8, 4) is 33.6 Å². The lowest BCUT2D eigenvalue weighted by Crippen LogP contribution is -2.09. The van der Waals surface area contributed by atoms with Crippen LogP contribution in [0.1, 0.15) is 16.1 Å². The van der Waals surface area contributed by atoms with E-state index >= 15 is 0 Å². The maximum Gasteiger partial charge on any atom is 0.342 e. The van der Waals surface area contributed by atoms with Crippen LogP contribution >= 0.6 is 11.3 Å². The van der Waals surface area contributed by atoms with Gasteiger partial charge in [0.05, 0.1) is 34.1 Å². The molecule has 0 unspecified atom stereocenters. The number of thiazole rings is 1. The Morgan fingerprint density at radius 2 is 1.62 bits per heavy atom. The smallest absolute Gasteiger partial charge is 0.342 e. The molecule has 0 aliphatic carbocycles. The average Bonchev–Trinajstić information content (AvgIpc) is 3.25. The minimum atomic E-state index is -0.540. The highest BCUT2D eigenvalue weighted by molar-refractivity contribution is 7.13. The number of rotatable bonds is 8. The number of ether oxygens (including phenoxy) is 5. The second-order valence-corrected chi connectivity index (χ2v) is 6.69. The molecule has 0 amide bonds. The van der Waals surface area contributed by atoms with Crippen molar-refractivity contribution in [2.75, 3.05) is 28.4 Å². The van der Waals surface area contributed by atoms with Crippen LogP contribution in [-0.2, 0) is 11.3 Å². The second-order valence-electron chi connectivity index (χ2n) is 5.83. The van der Waals surface area contributed by atoms with Gasteiger partial charge in [0.1, 0.15) is 22.9 Å². The molecule has 8 heteroatoms. The zero-order valence-electron chi connectivity index (χ0n) is 16.6. The first-order chi connectivity index (χ1) is 14.1. The number of methoxy groups -OCH3 is 4. The molecule has 0 N–H and O–H groups in total. The predicted molar refractivity (Wildman–Crippen MR) is 109 cm³/mol. The van der Waals surface area contributed by atoms with Crippen molar-refractivity contribution in [3.63, 3.8) is 0 Å². The van der Waals surface area contributed by atoms with Gasteiger partial charge in [0, 0.05) is 10.9 Å². The summed E-state index contributed by atoms with van der Waals surface area (Å²) in [7, 11) is 6.07. The highest BCUT2D eigenvalue weighted by Gasteiger charge is 2.22. The fourth-order valence-corrected chi connectivity index (χ4v) is 3.53. The van der Waals surface area contributed by atoms with Crippen molar-refractivity contribution in [3.05, 3.63) is 53.0 Å². The molecule has 0 radical (unpaired) electrons. The number of benzene rings is 2. The average molecular weight is 415 g/mol. The zero-order chi connectivity index (χ0) is 20.8. The summed E-state index contributed by atoms with van der Waals surface area (Å²) < 4.78 is 26.5. The standard InChI is InChI=1S/C21H21NO6S/c1-24-15-7-5-13(6-8-15)20-22-14(12-29-20)11-28-21(23)16-9-10-17(25-2)19(27-4)18(16)26-3/h5-10,12H,11H2,1-4H3. The first-order valence-electron chi connectivity index (χ1n) is 8.66. The van der Waals surface area contributed by atoms with E-state index in [1.165, 1.54) is 32.7 Å². The summed E-state index contributed by atoms with van der Waals surface area (Å²) in [6, 6.07) is 10.8. The molecular formula is C21H21NO6S. The summed E-state index contributed by atoms with van der Waals surface area (Å²) in [6.45, 7) is 0.0446. The van der Waals surface area contributed by atoms with Crippen LogP contribution < -0.4 is 18.9 Å². The van der Waals surface area contributed by atoms with Gasteiger partial charge in [0.15, 0.2) is 11.5 Å². The van der Waals surface area contributed by atoms with Crippen LogP contribution in [0.3, 0.4) is 0 Å². The molecule has 0 spiro atoms. The molecule has 1 aromatic heterocycles. The molecule has 2 aromatic carbocycles. The molecule has 1 heterocycles.